The summed E-state index contributed by atoms with van der Waals surface area (Å²) < 4.78 is 5.28. The highest BCUT2D eigenvalue weighted by atomic mass is 16.5. The van der Waals surface area contributed by atoms with Crippen LogP contribution in [0.5, 0.6) is 5.75 Å². The summed E-state index contributed by atoms with van der Waals surface area (Å²) in [6.45, 7) is 2.57. The van der Waals surface area contributed by atoms with Gasteiger partial charge in [0.15, 0.2) is 0 Å². The van der Waals surface area contributed by atoms with Crippen LogP contribution in [0.1, 0.15) is 25.3 Å². The quantitative estimate of drug-likeness (QED) is 0.781. The lowest BCUT2D eigenvalue weighted by Crippen LogP contribution is -2.30. The molecule has 4 heteroatoms. The van der Waals surface area contributed by atoms with Crippen molar-refractivity contribution in [2.24, 2.45) is 5.41 Å². The number of carbonyl (C=O) groups is 1. The number of para-hydroxylation sites is 1. The van der Waals surface area contributed by atoms with E-state index in [2.05, 4.69) is 5.32 Å². The molecule has 1 aromatic carbocycles. The second-order valence-corrected chi connectivity index (χ2v) is 5.40. The number of benzene rings is 1. The Morgan fingerprint density at radius 1 is 1.45 bits per heavy atom. The summed E-state index contributed by atoms with van der Waals surface area (Å²) in [5, 5.41) is 12.1. The van der Waals surface area contributed by atoms with Gasteiger partial charge in [0, 0.05) is 23.6 Å². The minimum absolute atomic E-state index is 0.0676. The Kier molecular flexibility index (Phi) is 4.45. The number of aliphatic hydroxyl groups excluding tert-OH is 1. The third-order valence-electron chi connectivity index (χ3n) is 3.81. The van der Waals surface area contributed by atoms with Crippen molar-refractivity contribution in [1.82, 2.24) is 5.32 Å². The fourth-order valence-electron chi connectivity index (χ4n) is 2.14. The van der Waals surface area contributed by atoms with Crippen molar-refractivity contribution in [2.45, 2.75) is 19.8 Å². The van der Waals surface area contributed by atoms with E-state index in [0.717, 1.165) is 29.7 Å². The molecule has 2 N–H and O–H groups in total. The molecule has 2 rings (SSSR count). The molecule has 0 atom stereocenters. The predicted molar refractivity (Wildman–Crippen MR) is 78.4 cm³/mol. The monoisotopic (exact) mass is 275 g/mol. The van der Waals surface area contributed by atoms with Crippen LogP contribution in [-0.2, 0) is 4.79 Å². The van der Waals surface area contributed by atoms with E-state index in [1.54, 1.807) is 13.2 Å². The van der Waals surface area contributed by atoms with Crippen molar-refractivity contribution in [2.75, 3.05) is 20.3 Å². The van der Waals surface area contributed by atoms with Crippen molar-refractivity contribution in [3.05, 3.63) is 35.9 Å². The third kappa shape index (κ3) is 3.39. The second kappa shape index (κ2) is 6.09. The smallest absolute Gasteiger partial charge is 0.244 e. The van der Waals surface area contributed by atoms with Crippen LogP contribution in [0.25, 0.3) is 5.57 Å². The molecular formula is C16H21NO3. The Hall–Kier alpha value is -1.81. The normalized spacial score (nSPS) is 16.6. The van der Waals surface area contributed by atoms with Crippen LogP contribution >= 0.6 is 0 Å². The number of methoxy groups -OCH3 is 1. The molecule has 0 aromatic heterocycles. The molecule has 20 heavy (non-hydrogen) atoms. The van der Waals surface area contributed by atoms with Crippen molar-refractivity contribution in [3.8, 4) is 5.75 Å². The van der Waals surface area contributed by atoms with E-state index in [-0.39, 0.29) is 17.9 Å². The van der Waals surface area contributed by atoms with Gasteiger partial charge in [-0.25, -0.2) is 0 Å². The first-order valence-corrected chi connectivity index (χ1v) is 6.81. The van der Waals surface area contributed by atoms with Crippen molar-refractivity contribution < 1.29 is 14.6 Å². The van der Waals surface area contributed by atoms with Gasteiger partial charge in [0.2, 0.25) is 5.91 Å². The van der Waals surface area contributed by atoms with Crippen LogP contribution in [0.15, 0.2) is 30.3 Å². The summed E-state index contributed by atoms with van der Waals surface area (Å²) in [6, 6.07) is 7.61. The topological polar surface area (TPSA) is 58.6 Å². The molecule has 1 aromatic rings. The summed E-state index contributed by atoms with van der Waals surface area (Å²) in [4.78, 5) is 11.9. The van der Waals surface area contributed by atoms with Gasteiger partial charge < -0.3 is 15.2 Å². The van der Waals surface area contributed by atoms with E-state index < -0.39 is 0 Å². The largest absolute Gasteiger partial charge is 0.496 e. The zero-order valence-corrected chi connectivity index (χ0v) is 12.0. The Morgan fingerprint density at radius 2 is 2.15 bits per heavy atom. The number of hydrogen-bond acceptors (Lipinski definition) is 3. The zero-order chi connectivity index (χ0) is 14.6. The first kappa shape index (κ1) is 14.6. The molecule has 1 saturated carbocycles. The van der Waals surface area contributed by atoms with Crippen LogP contribution in [-0.4, -0.2) is 31.3 Å². The number of nitrogens with one attached hydrogen (secondary N) is 1. The van der Waals surface area contributed by atoms with Gasteiger partial charge in [-0.3, -0.25) is 4.79 Å². The Labute approximate surface area is 119 Å². The third-order valence-corrected chi connectivity index (χ3v) is 3.81. The summed E-state index contributed by atoms with van der Waals surface area (Å²) in [7, 11) is 1.62. The van der Waals surface area contributed by atoms with Crippen molar-refractivity contribution in [1.29, 1.82) is 0 Å². The molecule has 1 amide bonds. The van der Waals surface area contributed by atoms with Crippen LogP contribution in [0, 0.1) is 5.41 Å². The Morgan fingerprint density at radius 3 is 2.75 bits per heavy atom. The molecule has 1 aliphatic rings. The number of amides is 1. The number of aliphatic hydroxyl groups is 1. The van der Waals surface area contributed by atoms with Gasteiger partial charge in [0.25, 0.3) is 0 Å². The molecule has 0 radical (unpaired) electrons. The Bertz CT molecular complexity index is 518. The average molecular weight is 275 g/mol. The second-order valence-electron chi connectivity index (χ2n) is 5.40. The maximum absolute atomic E-state index is 11.9. The van der Waals surface area contributed by atoms with Crippen LogP contribution < -0.4 is 10.1 Å². The van der Waals surface area contributed by atoms with Crippen LogP contribution in [0.4, 0.5) is 0 Å². The highest BCUT2D eigenvalue weighted by Crippen LogP contribution is 2.44. The summed E-state index contributed by atoms with van der Waals surface area (Å²) in [5.74, 6) is 0.621. The van der Waals surface area contributed by atoms with Crippen molar-refractivity contribution in [3.63, 3.8) is 0 Å². The molecule has 0 bridgehead atoms. The maximum atomic E-state index is 11.9. The minimum atomic E-state index is -0.131. The van der Waals surface area contributed by atoms with E-state index in [4.69, 9.17) is 4.74 Å². The molecule has 4 nitrogen and oxygen atoms in total. The first-order chi connectivity index (χ1) is 9.60. The molecular weight excluding hydrogens is 254 g/mol. The lowest BCUT2D eigenvalue weighted by molar-refractivity contribution is -0.116. The van der Waals surface area contributed by atoms with Crippen LogP contribution in [0.3, 0.4) is 0 Å². The fourth-order valence-corrected chi connectivity index (χ4v) is 2.14. The minimum Gasteiger partial charge on any atom is -0.496 e. The highest BCUT2D eigenvalue weighted by Gasteiger charge is 2.41. The standard InChI is InChI=1S/C16H21NO3/c1-12(13-5-3-4-6-14(13)20-2)9-15(19)17-10-16(11-18)7-8-16/h3-6,9,18H,7-8,10-11H2,1-2H3,(H,17,19)/b12-9+. The number of allylic oxidation sites excluding steroid dienone is 1. The lowest BCUT2D eigenvalue weighted by atomic mass is 10.1. The van der Waals surface area contributed by atoms with Gasteiger partial charge in [-0.15, -0.1) is 0 Å². The summed E-state index contributed by atoms with van der Waals surface area (Å²) >= 11 is 0. The van der Waals surface area contributed by atoms with E-state index in [0.29, 0.717) is 6.54 Å². The summed E-state index contributed by atoms with van der Waals surface area (Å²) in [5.41, 5.74) is 1.70. The Balaban J connectivity index is 2.00. The van der Waals surface area contributed by atoms with E-state index in [1.807, 2.05) is 31.2 Å². The predicted octanol–water partition coefficient (Wildman–Crippen LogP) is 1.99. The number of ether oxygens (including phenoxy) is 1. The van der Waals surface area contributed by atoms with Gasteiger partial charge in [-0.2, -0.15) is 0 Å². The molecule has 108 valence electrons. The van der Waals surface area contributed by atoms with Crippen molar-refractivity contribution >= 4 is 11.5 Å². The molecule has 0 heterocycles. The van der Waals surface area contributed by atoms with Gasteiger partial charge in [0.05, 0.1) is 13.7 Å². The number of carbonyl (C=O) groups excluding carboxylic acids is 1. The zero-order valence-electron chi connectivity index (χ0n) is 12.0. The summed E-state index contributed by atoms with van der Waals surface area (Å²) in [6.07, 6.45) is 3.54. The SMILES string of the molecule is COc1ccccc1/C(C)=C/C(=O)NCC1(CO)CC1. The van der Waals surface area contributed by atoms with Gasteiger partial charge >= 0.3 is 0 Å². The highest BCUT2D eigenvalue weighted by molar-refractivity contribution is 5.95. The van der Waals surface area contributed by atoms with E-state index in [9.17, 15) is 9.90 Å². The van der Waals surface area contributed by atoms with Gasteiger partial charge in [0.1, 0.15) is 5.75 Å². The van der Waals surface area contributed by atoms with Gasteiger partial charge in [-0.05, 0) is 31.4 Å². The average Bonchev–Trinajstić information content (AvgIpc) is 3.25. The fraction of sp³-hybridized carbons (Fsp3) is 0.438. The lowest BCUT2D eigenvalue weighted by Gasteiger charge is -2.12. The molecule has 0 aliphatic heterocycles. The first-order valence-electron chi connectivity index (χ1n) is 6.81. The molecule has 1 fully saturated rings. The van der Waals surface area contributed by atoms with Gasteiger partial charge in [-0.1, -0.05) is 18.2 Å². The molecule has 0 saturated heterocycles. The maximum Gasteiger partial charge on any atom is 0.244 e. The van der Waals surface area contributed by atoms with Crippen LogP contribution in [0.2, 0.25) is 0 Å². The number of rotatable bonds is 6. The molecule has 0 spiro atoms. The number of hydrogen-bond donors (Lipinski definition) is 2. The molecule has 1 aliphatic carbocycles. The van der Waals surface area contributed by atoms with E-state index in [1.165, 1.54) is 0 Å². The molecule has 0 unspecified atom stereocenters. The van der Waals surface area contributed by atoms with E-state index >= 15 is 0 Å².